The fourth-order valence-corrected chi connectivity index (χ4v) is 2.16. The molecular formula is C15H21NO2. The first-order valence-electron chi connectivity index (χ1n) is 6.71. The molecule has 0 heterocycles. The zero-order valence-electron chi connectivity index (χ0n) is 10.9. The summed E-state index contributed by atoms with van der Waals surface area (Å²) in [4.78, 5) is 14.2. The van der Waals surface area contributed by atoms with Crippen molar-refractivity contribution < 1.29 is 9.90 Å². The SMILES string of the molecule is CCc1ccc(C(=O)CN(CCO)C2CC2)cc1. The van der Waals surface area contributed by atoms with Crippen molar-refractivity contribution in [2.45, 2.75) is 32.2 Å². The van der Waals surface area contributed by atoms with Crippen LogP contribution in [0.1, 0.15) is 35.7 Å². The highest BCUT2D eigenvalue weighted by atomic mass is 16.3. The number of carbonyl (C=O) groups excluding carboxylic acids is 1. The molecule has 1 aliphatic rings. The van der Waals surface area contributed by atoms with E-state index < -0.39 is 0 Å². The number of aliphatic hydroxyl groups is 1. The van der Waals surface area contributed by atoms with Crippen LogP contribution < -0.4 is 0 Å². The molecule has 0 aromatic heterocycles. The van der Waals surface area contributed by atoms with Crippen LogP contribution in [0.2, 0.25) is 0 Å². The van der Waals surface area contributed by atoms with Gasteiger partial charge in [-0.1, -0.05) is 31.2 Å². The Morgan fingerprint density at radius 1 is 1.33 bits per heavy atom. The topological polar surface area (TPSA) is 40.5 Å². The van der Waals surface area contributed by atoms with Gasteiger partial charge in [0.05, 0.1) is 13.2 Å². The minimum atomic E-state index is 0.124. The van der Waals surface area contributed by atoms with Crippen molar-refractivity contribution in [2.24, 2.45) is 0 Å². The van der Waals surface area contributed by atoms with Crippen molar-refractivity contribution in [2.75, 3.05) is 19.7 Å². The summed E-state index contributed by atoms with van der Waals surface area (Å²) in [5.74, 6) is 0.151. The molecule has 1 aliphatic carbocycles. The van der Waals surface area contributed by atoms with Crippen molar-refractivity contribution >= 4 is 5.78 Å². The van der Waals surface area contributed by atoms with E-state index in [0.29, 0.717) is 19.1 Å². The zero-order valence-corrected chi connectivity index (χ0v) is 10.9. The minimum absolute atomic E-state index is 0.124. The predicted molar refractivity (Wildman–Crippen MR) is 71.8 cm³/mol. The van der Waals surface area contributed by atoms with Gasteiger partial charge in [-0.05, 0) is 24.8 Å². The number of Topliss-reactive ketones (excluding diaryl/α,β-unsaturated/α-hetero) is 1. The van der Waals surface area contributed by atoms with Gasteiger partial charge in [0.15, 0.2) is 5.78 Å². The summed E-state index contributed by atoms with van der Waals surface area (Å²) < 4.78 is 0. The van der Waals surface area contributed by atoms with E-state index in [2.05, 4.69) is 11.8 Å². The molecule has 0 bridgehead atoms. The van der Waals surface area contributed by atoms with Crippen LogP contribution in [0, 0.1) is 0 Å². The lowest BCUT2D eigenvalue weighted by Crippen LogP contribution is -2.34. The molecule has 1 fully saturated rings. The monoisotopic (exact) mass is 247 g/mol. The first kappa shape index (κ1) is 13.2. The first-order chi connectivity index (χ1) is 8.74. The predicted octanol–water partition coefficient (Wildman–Crippen LogP) is 1.89. The van der Waals surface area contributed by atoms with Crippen LogP contribution in [0.5, 0.6) is 0 Å². The summed E-state index contributed by atoms with van der Waals surface area (Å²) in [6.45, 7) is 3.26. The molecule has 1 aromatic rings. The number of aliphatic hydroxyl groups excluding tert-OH is 1. The van der Waals surface area contributed by atoms with E-state index in [4.69, 9.17) is 5.11 Å². The molecule has 3 nitrogen and oxygen atoms in total. The van der Waals surface area contributed by atoms with Crippen LogP contribution >= 0.6 is 0 Å². The molecule has 98 valence electrons. The third kappa shape index (κ3) is 3.40. The van der Waals surface area contributed by atoms with Gasteiger partial charge in [-0.3, -0.25) is 9.69 Å². The Morgan fingerprint density at radius 2 is 2.00 bits per heavy atom. The van der Waals surface area contributed by atoms with Crippen LogP contribution in [-0.4, -0.2) is 41.5 Å². The van der Waals surface area contributed by atoms with Gasteiger partial charge in [0, 0.05) is 18.2 Å². The number of benzene rings is 1. The fourth-order valence-electron chi connectivity index (χ4n) is 2.16. The number of aryl methyl sites for hydroxylation is 1. The molecule has 3 heteroatoms. The molecule has 0 amide bonds. The smallest absolute Gasteiger partial charge is 0.176 e. The molecule has 0 aliphatic heterocycles. The number of ketones is 1. The average molecular weight is 247 g/mol. The van der Waals surface area contributed by atoms with Gasteiger partial charge >= 0.3 is 0 Å². The number of rotatable bonds is 7. The number of hydrogen-bond donors (Lipinski definition) is 1. The van der Waals surface area contributed by atoms with Crippen molar-refractivity contribution in [3.63, 3.8) is 0 Å². The quantitative estimate of drug-likeness (QED) is 0.748. The summed E-state index contributed by atoms with van der Waals surface area (Å²) in [7, 11) is 0. The third-order valence-corrected chi connectivity index (χ3v) is 3.48. The standard InChI is InChI=1S/C15H21NO2/c1-2-12-3-5-13(6-4-12)15(18)11-16(9-10-17)14-7-8-14/h3-6,14,17H,2,7-11H2,1H3. The second kappa shape index (κ2) is 6.12. The Morgan fingerprint density at radius 3 is 2.50 bits per heavy atom. The lowest BCUT2D eigenvalue weighted by molar-refractivity contribution is 0.0907. The summed E-state index contributed by atoms with van der Waals surface area (Å²) >= 11 is 0. The van der Waals surface area contributed by atoms with Crippen LogP contribution in [0.3, 0.4) is 0 Å². The van der Waals surface area contributed by atoms with E-state index in [1.807, 2.05) is 24.3 Å². The van der Waals surface area contributed by atoms with Crippen LogP contribution in [0.4, 0.5) is 0 Å². The highest BCUT2D eigenvalue weighted by Gasteiger charge is 2.29. The van der Waals surface area contributed by atoms with Gasteiger partial charge in [-0.15, -0.1) is 0 Å². The number of carbonyl (C=O) groups is 1. The van der Waals surface area contributed by atoms with Gasteiger partial charge in [-0.25, -0.2) is 0 Å². The Balaban J connectivity index is 1.96. The Labute approximate surface area is 108 Å². The maximum absolute atomic E-state index is 12.1. The lowest BCUT2D eigenvalue weighted by Gasteiger charge is -2.19. The molecule has 0 radical (unpaired) electrons. The van der Waals surface area contributed by atoms with Crippen LogP contribution in [0.15, 0.2) is 24.3 Å². The number of hydrogen-bond acceptors (Lipinski definition) is 3. The largest absolute Gasteiger partial charge is 0.395 e. The van der Waals surface area contributed by atoms with Crippen molar-refractivity contribution in [3.05, 3.63) is 35.4 Å². The maximum Gasteiger partial charge on any atom is 0.176 e. The second-order valence-electron chi connectivity index (χ2n) is 4.90. The highest BCUT2D eigenvalue weighted by Crippen LogP contribution is 2.26. The van der Waals surface area contributed by atoms with Crippen molar-refractivity contribution in [3.8, 4) is 0 Å². The van der Waals surface area contributed by atoms with Gasteiger partial charge in [-0.2, -0.15) is 0 Å². The fraction of sp³-hybridized carbons (Fsp3) is 0.533. The highest BCUT2D eigenvalue weighted by molar-refractivity contribution is 5.97. The first-order valence-corrected chi connectivity index (χ1v) is 6.71. The molecule has 0 saturated heterocycles. The van der Waals surface area contributed by atoms with Gasteiger partial charge in [0.2, 0.25) is 0 Å². The van der Waals surface area contributed by atoms with E-state index in [-0.39, 0.29) is 12.4 Å². The van der Waals surface area contributed by atoms with Crippen LogP contribution in [0.25, 0.3) is 0 Å². The molecule has 2 rings (SSSR count). The molecule has 0 atom stereocenters. The molecule has 1 saturated carbocycles. The van der Waals surface area contributed by atoms with E-state index in [1.165, 1.54) is 5.56 Å². The third-order valence-electron chi connectivity index (χ3n) is 3.48. The summed E-state index contributed by atoms with van der Waals surface area (Å²) in [6.07, 6.45) is 3.30. The minimum Gasteiger partial charge on any atom is -0.395 e. The Kier molecular flexibility index (Phi) is 4.50. The average Bonchev–Trinajstić information content (AvgIpc) is 3.22. The zero-order chi connectivity index (χ0) is 13.0. The lowest BCUT2D eigenvalue weighted by atomic mass is 10.1. The molecule has 18 heavy (non-hydrogen) atoms. The van der Waals surface area contributed by atoms with E-state index in [9.17, 15) is 4.79 Å². The van der Waals surface area contributed by atoms with Gasteiger partial charge < -0.3 is 5.11 Å². The molecule has 1 N–H and O–H groups in total. The van der Waals surface area contributed by atoms with Crippen LogP contribution in [-0.2, 0) is 6.42 Å². The Bertz CT molecular complexity index is 395. The maximum atomic E-state index is 12.1. The second-order valence-corrected chi connectivity index (χ2v) is 4.90. The Hall–Kier alpha value is -1.19. The van der Waals surface area contributed by atoms with Crippen molar-refractivity contribution in [1.29, 1.82) is 0 Å². The van der Waals surface area contributed by atoms with E-state index >= 15 is 0 Å². The van der Waals surface area contributed by atoms with E-state index in [1.54, 1.807) is 0 Å². The molecule has 0 spiro atoms. The van der Waals surface area contributed by atoms with E-state index in [0.717, 1.165) is 24.8 Å². The molecular weight excluding hydrogens is 226 g/mol. The normalized spacial score (nSPS) is 15.1. The number of nitrogens with zero attached hydrogens (tertiary/aromatic N) is 1. The van der Waals surface area contributed by atoms with Gasteiger partial charge in [0.25, 0.3) is 0 Å². The summed E-state index contributed by atoms with van der Waals surface area (Å²) in [5.41, 5.74) is 2.02. The summed E-state index contributed by atoms with van der Waals surface area (Å²) in [5, 5.41) is 9.01. The summed E-state index contributed by atoms with van der Waals surface area (Å²) in [6, 6.07) is 8.36. The molecule has 0 unspecified atom stereocenters. The molecule has 1 aromatic carbocycles. The van der Waals surface area contributed by atoms with Crippen molar-refractivity contribution in [1.82, 2.24) is 4.90 Å². The van der Waals surface area contributed by atoms with Gasteiger partial charge in [0.1, 0.15) is 0 Å².